The van der Waals surface area contributed by atoms with E-state index in [1.54, 1.807) is 24.2 Å². The summed E-state index contributed by atoms with van der Waals surface area (Å²) in [5.41, 5.74) is 6.97. The molecule has 2 rings (SSSR count). The Morgan fingerprint density at radius 2 is 2.21 bits per heavy atom. The van der Waals surface area contributed by atoms with Crippen molar-refractivity contribution in [3.8, 4) is 0 Å². The van der Waals surface area contributed by atoms with E-state index in [1.807, 2.05) is 18.3 Å². The molecule has 24 heavy (non-hydrogen) atoms. The van der Waals surface area contributed by atoms with E-state index < -0.39 is 0 Å². The average Bonchev–Trinajstić information content (AvgIpc) is 3.08. The van der Waals surface area contributed by atoms with E-state index in [0.717, 1.165) is 42.1 Å². The van der Waals surface area contributed by atoms with Gasteiger partial charge in [-0.1, -0.05) is 29.3 Å². The molecule has 1 aromatic carbocycles. The van der Waals surface area contributed by atoms with Gasteiger partial charge in [0, 0.05) is 29.9 Å². The first-order valence-corrected chi connectivity index (χ1v) is 9.49. The van der Waals surface area contributed by atoms with Gasteiger partial charge >= 0.3 is 0 Å². The fourth-order valence-corrected chi connectivity index (χ4v) is 3.44. The molecule has 1 aromatic heterocycles. The van der Waals surface area contributed by atoms with E-state index in [1.165, 1.54) is 0 Å². The number of H-pyrrole nitrogens is 1. The Morgan fingerprint density at radius 1 is 1.33 bits per heavy atom. The maximum Gasteiger partial charge on any atom is 0.188 e. The molecule has 130 valence electrons. The van der Waals surface area contributed by atoms with E-state index in [-0.39, 0.29) is 0 Å². The van der Waals surface area contributed by atoms with Crippen LogP contribution in [0.5, 0.6) is 0 Å². The molecule has 0 atom stereocenters. The molecular weight excluding hydrogens is 365 g/mol. The molecule has 5 nitrogen and oxygen atoms in total. The minimum atomic E-state index is 0.491. The van der Waals surface area contributed by atoms with Crippen molar-refractivity contribution in [1.29, 1.82) is 0 Å². The molecule has 0 aliphatic rings. The summed E-state index contributed by atoms with van der Waals surface area (Å²) in [4.78, 5) is 12.4. The van der Waals surface area contributed by atoms with Crippen LogP contribution in [0.25, 0.3) is 0 Å². The Labute approximate surface area is 156 Å². The lowest BCUT2D eigenvalue weighted by Gasteiger charge is -2.06. The van der Waals surface area contributed by atoms with Crippen molar-refractivity contribution in [2.45, 2.75) is 24.2 Å². The number of nitrogens with one attached hydrogen (secondary N) is 2. The van der Waals surface area contributed by atoms with E-state index in [4.69, 9.17) is 28.9 Å². The van der Waals surface area contributed by atoms with Crippen LogP contribution in [0.15, 0.2) is 40.6 Å². The molecule has 0 spiro atoms. The van der Waals surface area contributed by atoms with Gasteiger partial charge in [-0.15, -0.1) is 11.8 Å². The molecule has 1 heterocycles. The number of hydrogen-bond acceptors (Lipinski definition) is 3. The minimum absolute atomic E-state index is 0.491. The Morgan fingerprint density at radius 3 is 3.00 bits per heavy atom. The molecule has 0 bridgehead atoms. The summed E-state index contributed by atoms with van der Waals surface area (Å²) < 4.78 is 0. The van der Waals surface area contributed by atoms with Crippen molar-refractivity contribution in [2.24, 2.45) is 10.7 Å². The highest BCUT2D eigenvalue weighted by Crippen LogP contribution is 2.32. The number of aryl methyl sites for hydroxylation is 1. The van der Waals surface area contributed by atoms with E-state index in [9.17, 15) is 0 Å². The van der Waals surface area contributed by atoms with Crippen molar-refractivity contribution in [1.82, 2.24) is 15.3 Å². The lowest BCUT2D eigenvalue weighted by Crippen LogP contribution is -2.32. The molecule has 8 heteroatoms. The number of thioether (sulfide) groups is 1. The van der Waals surface area contributed by atoms with Gasteiger partial charge in [0.2, 0.25) is 0 Å². The predicted octanol–water partition coefficient (Wildman–Crippen LogP) is 3.74. The zero-order valence-corrected chi connectivity index (χ0v) is 15.6. The number of imidazole rings is 1. The molecule has 0 aliphatic heterocycles. The highest BCUT2D eigenvalue weighted by molar-refractivity contribution is 7.99. The summed E-state index contributed by atoms with van der Waals surface area (Å²) in [6.07, 6.45) is 6.36. The van der Waals surface area contributed by atoms with E-state index >= 15 is 0 Å². The standard InChI is InChI=1S/C16H21Cl2N5S/c17-13-5-1-6-14(15(13)18)24-9-3-8-22-16(19)21-7-2-4-12-10-20-11-23-12/h1,5-6,10-11H,2-4,7-9H2,(H,20,23)(H3,19,21,22). The van der Waals surface area contributed by atoms with Crippen molar-refractivity contribution in [3.63, 3.8) is 0 Å². The average molecular weight is 386 g/mol. The van der Waals surface area contributed by atoms with Crippen LogP contribution in [0.1, 0.15) is 18.5 Å². The van der Waals surface area contributed by atoms with Crippen LogP contribution < -0.4 is 11.1 Å². The fourth-order valence-electron chi connectivity index (χ4n) is 2.01. The molecular formula is C16H21Cl2N5S. The molecule has 0 saturated heterocycles. The third-order valence-electron chi connectivity index (χ3n) is 3.24. The minimum Gasteiger partial charge on any atom is -0.370 e. The number of aromatic amines is 1. The molecule has 0 aliphatic carbocycles. The maximum atomic E-state index is 6.15. The molecule has 0 amide bonds. The summed E-state index contributed by atoms with van der Waals surface area (Å²) in [5, 5.41) is 4.32. The highest BCUT2D eigenvalue weighted by Gasteiger charge is 2.04. The van der Waals surface area contributed by atoms with Crippen LogP contribution in [-0.4, -0.2) is 34.8 Å². The SMILES string of the molecule is NC(=NCCCSc1cccc(Cl)c1Cl)NCCCc1cnc[nH]1. The molecule has 0 unspecified atom stereocenters. The number of aromatic nitrogens is 2. The lowest BCUT2D eigenvalue weighted by molar-refractivity contribution is 0.754. The quantitative estimate of drug-likeness (QED) is 0.266. The predicted molar refractivity (Wildman–Crippen MR) is 103 cm³/mol. The van der Waals surface area contributed by atoms with Gasteiger partial charge in [0.15, 0.2) is 5.96 Å². The summed E-state index contributed by atoms with van der Waals surface area (Å²) >= 11 is 13.8. The van der Waals surface area contributed by atoms with Crippen LogP contribution in [0.3, 0.4) is 0 Å². The largest absolute Gasteiger partial charge is 0.370 e. The Bertz CT molecular complexity index is 646. The zero-order valence-electron chi connectivity index (χ0n) is 13.3. The second-order valence-electron chi connectivity index (χ2n) is 5.13. The third-order valence-corrected chi connectivity index (χ3v) is 5.32. The Balaban J connectivity index is 1.56. The zero-order chi connectivity index (χ0) is 17.2. The first-order chi connectivity index (χ1) is 11.7. The molecule has 0 saturated carbocycles. The number of guanidine groups is 1. The van der Waals surface area contributed by atoms with Gasteiger partial charge in [-0.2, -0.15) is 0 Å². The number of hydrogen-bond donors (Lipinski definition) is 3. The number of rotatable bonds is 9. The van der Waals surface area contributed by atoms with E-state index in [2.05, 4.69) is 20.3 Å². The van der Waals surface area contributed by atoms with Crippen LogP contribution in [0, 0.1) is 0 Å². The number of halogens is 2. The van der Waals surface area contributed by atoms with Crippen LogP contribution in [0.2, 0.25) is 10.0 Å². The van der Waals surface area contributed by atoms with E-state index in [0.29, 0.717) is 22.5 Å². The number of nitrogens with zero attached hydrogens (tertiary/aromatic N) is 2. The summed E-state index contributed by atoms with van der Waals surface area (Å²) in [7, 11) is 0. The first kappa shape index (κ1) is 19.0. The second kappa shape index (κ2) is 10.5. The van der Waals surface area contributed by atoms with Gasteiger partial charge in [-0.3, -0.25) is 4.99 Å². The molecule has 0 fully saturated rings. The van der Waals surface area contributed by atoms with Gasteiger partial charge in [-0.25, -0.2) is 4.98 Å². The number of aliphatic imine (C=N–C) groups is 1. The van der Waals surface area contributed by atoms with Gasteiger partial charge in [0.25, 0.3) is 0 Å². The maximum absolute atomic E-state index is 6.15. The molecule has 0 radical (unpaired) electrons. The monoisotopic (exact) mass is 385 g/mol. The topological polar surface area (TPSA) is 79.1 Å². The number of nitrogens with two attached hydrogens (primary N) is 1. The first-order valence-electron chi connectivity index (χ1n) is 7.74. The van der Waals surface area contributed by atoms with Crippen LogP contribution in [-0.2, 0) is 6.42 Å². The Kier molecular flexibility index (Phi) is 8.28. The fraction of sp³-hybridized carbons (Fsp3) is 0.375. The van der Waals surface area contributed by atoms with Crippen molar-refractivity contribution in [2.75, 3.05) is 18.8 Å². The molecule has 2 aromatic rings. The Hall–Kier alpha value is -1.37. The summed E-state index contributed by atoms with van der Waals surface area (Å²) in [6.45, 7) is 1.48. The summed E-state index contributed by atoms with van der Waals surface area (Å²) in [6, 6.07) is 5.66. The lowest BCUT2D eigenvalue weighted by atomic mass is 10.2. The van der Waals surface area contributed by atoms with Crippen LogP contribution in [0.4, 0.5) is 0 Å². The van der Waals surface area contributed by atoms with Gasteiger partial charge in [-0.05, 0) is 37.1 Å². The highest BCUT2D eigenvalue weighted by atomic mass is 35.5. The second-order valence-corrected chi connectivity index (χ2v) is 7.05. The van der Waals surface area contributed by atoms with Gasteiger partial charge in [0.1, 0.15) is 0 Å². The van der Waals surface area contributed by atoms with Crippen molar-refractivity contribution in [3.05, 3.63) is 46.5 Å². The smallest absolute Gasteiger partial charge is 0.188 e. The van der Waals surface area contributed by atoms with Crippen molar-refractivity contribution >= 4 is 40.9 Å². The van der Waals surface area contributed by atoms with Crippen molar-refractivity contribution < 1.29 is 0 Å². The normalized spacial score (nSPS) is 11.7. The molecule has 4 N–H and O–H groups in total. The third kappa shape index (κ3) is 6.63. The summed E-state index contributed by atoms with van der Waals surface area (Å²) in [5.74, 6) is 1.40. The van der Waals surface area contributed by atoms with Crippen LogP contribution >= 0.6 is 35.0 Å². The van der Waals surface area contributed by atoms with Gasteiger partial charge in [0.05, 0.1) is 16.4 Å². The van der Waals surface area contributed by atoms with Gasteiger partial charge < -0.3 is 16.0 Å². The number of benzene rings is 1.